The zero-order valence-corrected chi connectivity index (χ0v) is 17.3. The summed E-state index contributed by atoms with van der Waals surface area (Å²) in [5.41, 5.74) is 3.03. The van der Waals surface area contributed by atoms with E-state index in [-0.39, 0.29) is 11.0 Å². The number of pyridine rings is 1. The van der Waals surface area contributed by atoms with Crippen LogP contribution in [0, 0.1) is 0 Å². The lowest BCUT2D eigenvalue weighted by molar-refractivity contribution is 0.0977. The number of carbonyl (C=O) groups is 1. The Kier molecular flexibility index (Phi) is 5.60. The topological polar surface area (TPSA) is 89.3 Å². The minimum atomic E-state index is -0.382. The highest BCUT2D eigenvalue weighted by atomic mass is 35.5. The molecule has 2 N–H and O–H groups in total. The van der Waals surface area contributed by atoms with Gasteiger partial charge in [0.15, 0.2) is 16.3 Å². The number of halogens is 1. The van der Waals surface area contributed by atoms with Crippen LogP contribution in [0.3, 0.4) is 0 Å². The number of methoxy groups -OCH3 is 1. The summed E-state index contributed by atoms with van der Waals surface area (Å²) in [5.74, 6) is 0.582. The van der Waals surface area contributed by atoms with Crippen molar-refractivity contribution in [2.24, 2.45) is 0 Å². The summed E-state index contributed by atoms with van der Waals surface area (Å²) < 4.78 is 10.8. The molecule has 150 valence electrons. The number of anilines is 1. The monoisotopic (exact) mass is 438 g/mol. The smallest absolute Gasteiger partial charge is 0.257 e. The van der Waals surface area contributed by atoms with E-state index in [2.05, 4.69) is 20.6 Å². The highest BCUT2D eigenvalue weighted by Gasteiger charge is 2.12. The normalized spacial score (nSPS) is 10.6. The number of rotatable bonds is 4. The molecule has 0 bridgehead atoms. The van der Waals surface area contributed by atoms with Crippen molar-refractivity contribution in [1.82, 2.24) is 15.3 Å². The predicted octanol–water partition coefficient (Wildman–Crippen LogP) is 4.68. The fraction of sp³-hybridized carbons (Fsp3) is 0.0476. The van der Waals surface area contributed by atoms with E-state index in [4.69, 9.17) is 33.0 Å². The van der Waals surface area contributed by atoms with Crippen LogP contribution in [0.5, 0.6) is 5.75 Å². The molecule has 2 heterocycles. The molecule has 9 heteroatoms. The lowest BCUT2D eigenvalue weighted by Crippen LogP contribution is -2.34. The molecule has 0 unspecified atom stereocenters. The molecule has 0 fully saturated rings. The second-order valence-corrected chi connectivity index (χ2v) is 6.99. The number of benzene rings is 2. The molecule has 0 aliphatic heterocycles. The minimum Gasteiger partial charge on any atom is -0.495 e. The van der Waals surface area contributed by atoms with E-state index >= 15 is 0 Å². The number of aromatic nitrogens is 2. The maximum absolute atomic E-state index is 12.4. The number of thiocarbonyl (C=S) groups is 1. The Labute approximate surface area is 182 Å². The summed E-state index contributed by atoms with van der Waals surface area (Å²) in [6.45, 7) is 0. The molecule has 30 heavy (non-hydrogen) atoms. The van der Waals surface area contributed by atoms with Crippen molar-refractivity contribution < 1.29 is 13.9 Å². The number of nitrogens with one attached hydrogen (secondary N) is 2. The van der Waals surface area contributed by atoms with Gasteiger partial charge in [-0.1, -0.05) is 11.6 Å². The van der Waals surface area contributed by atoms with Crippen molar-refractivity contribution in [3.05, 3.63) is 71.4 Å². The van der Waals surface area contributed by atoms with Gasteiger partial charge in [-0.15, -0.1) is 0 Å². The largest absolute Gasteiger partial charge is 0.495 e. The second-order valence-electron chi connectivity index (χ2n) is 6.18. The number of oxazole rings is 1. The number of nitrogens with zero attached hydrogens (tertiary/aromatic N) is 2. The first-order chi connectivity index (χ1) is 14.5. The molecule has 2 aromatic heterocycles. The zero-order valence-electron chi connectivity index (χ0n) is 15.7. The van der Waals surface area contributed by atoms with Crippen LogP contribution in [0.2, 0.25) is 5.02 Å². The van der Waals surface area contributed by atoms with Crippen molar-refractivity contribution in [2.75, 3.05) is 12.4 Å². The molecule has 0 aliphatic rings. The highest BCUT2D eigenvalue weighted by Crippen LogP contribution is 2.25. The lowest BCUT2D eigenvalue weighted by atomic mass is 10.2. The van der Waals surface area contributed by atoms with Crippen molar-refractivity contribution in [2.45, 2.75) is 0 Å². The molecule has 4 rings (SSSR count). The van der Waals surface area contributed by atoms with Gasteiger partial charge in [0.25, 0.3) is 5.91 Å². The Morgan fingerprint density at radius 3 is 2.67 bits per heavy atom. The van der Waals surface area contributed by atoms with E-state index in [1.165, 1.54) is 13.2 Å². The third-order valence-corrected chi connectivity index (χ3v) is 4.70. The van der Waals surface area contributed by atoms with Gasteiger partial charge in [0.1, 0.15) is 5.75 Å². The molecule has 4 aromatic rings. The second kappa shape index (κ2) is 8.48. The van der Waals surface area contributed by atoms with Gasteiger partial charge >= 0.3 is 0 Å². The third-order valence-electron chi connectivity index (χ3n) is 4.20. The Balaban J connectivity index is 1.41. The standard InChI is InChI=1S/C21H15ClN4O3S/c1-28-16-9-6-13(11-15(16)22)19(27)26-21(30)24-14-7-4-12(5-8-14)20-25-18-17(29-20)3-2-10-23-18/h2-11H,1H3,(H2,24,26,27,30). The average Bonchev–Trinajstić information content (AvgIpc) is 3.18. The van der Waals surface area contributed by atoms with Gasteiger partial charge in [0.05, 0.1) is 12.1 Å². The summed E-state index contributed by atoms with van der Waals surface area (Å²) in [6.07, 6.45) is 1.66. The molecular formula is C21H15ClN4O3S. The molecule has 1 amide bonds. The average molecular weight is 439 g/mol. The van der Waals surface area contributed by atoms with E-state index in [1.54, 1.807) is 36.5 Å². The van der Waals surface area contributed by atoms with Gasteiger partial charge in [-0.25, -0.2) is 4.98 Å². The molecule has 7 nitrogen and oxygen atoms in total. The third kappa shape index (κ3) is 4.24. The fourth-order valence-corrected chi connectivity index (χ4v) is 3.20. The first-order valence-electron chi connectivity index (χ1n) is 8.81. The summed E-state index contributed by atoms with van der Waals surface area (Å²) in [7, 11) is 1.51. The SMILES string of the molecule is COc1ccc(C(=O)NC(=S)Nc2ccc(-c3nc4ncccc4o3)cc2)cc1Cl. The summed E-state index contributed by atoms with van der Waals surface area (Å²) in [4.78, 5) is 20.9. The van der Waals surface area contributed by atoms with E-state index < -0.39 is 0 Å². The van der Waals surface area contributed by atoms with Crippen LogP contribution in [0.4, 0.5) is 5.69 Å². The van der Waals surface area contributed by atoms with Crippen LogP contribution in [0.15, 0.2) is 65.2 Å². The zero-order chi connectivity index (χ0) is 21.1. The van der Waals surface area contributed by atoms with Crippen LogP contribution < -0.4 is 15.4 Å². The summed E-state index contributed by atoms with van der Waals surface area (Å²) >= 11 is 11.3. The van der Waals surface area contributed by atoms with Crippen molar-refractivity contribution in [3.8, 4) is 17.2 Å². The summed E-state index contributed by atoms with van der Waals surface area (Å²) in [6, 6.07) is 15.6. The number of carbonyl (C=O) groups excluding carboxylic acids is 1. The van der Waals surface area contributed by atoms with Crippen LogP contribution >= 0.6 is 23.8 Å². The molecule has 0 radical (unpaired) electrons. The van der Waals surface area contributed by atoms with Gasteiger partial charge in [0, 0.05) is 23.0 Å². The van der Waals surface area contributed by atoms with Crippen molar-refractivity contribution in [3.63, 3.8) is 0 Å². The van der Waals surface area contributed by atoms with Crippen molar-refractivity contribution >= 4 is 51.8 Å². The van der Waals surface area contributed by atoms with E-state index in [0.29, 0.717) is 39.1 Å². The lowest BCUT2D eigenvalue weighted by Gasteiger charge is -2.10. The molecule has 0 saturated carbocycles. The molecule has 0 atom stereocenters. The highest BCUT2D eigenvalue weighted by molar-refractivity contribution is 7.80. The maximum atomic E-state index is 12.4. The first kappa shape index (κ1) is 19.8. The van der Waals surface area contributed by atoms with Crippen LogP contribution in [-0.4, -0.2) is 28.1 Å². The minimum absolute atomic E-state index is 0.158. The van der Waals surface area contributed by atoms with Gasteiger partial charge in [0.2, 0.25) is 5.89 Å². The van der Waals surface area contributed by atoms with Gasteiger partial charge in [-0.2, -0.15) is 4.98 Å². The van der Waals surface area contributed by atoms with E-state index in [0.717, 1.165) is 5.56 Å². The van der Waals surface area contributed by atoms with Gasteiger partial charge in [-0.3, -0.25) is 10.1 Å². The molecular weight excluding hydrogens is 424 g/mol. The van der Waals surface area contributed by atoms with Crippen molar-refractivity contribution in [1.29, 1.82) is 0 Å². The van der Waals surface area contributed by atoms with Crippen LogP contribution in [0.1, 0.15) is 10.4 Å². The molecule has 0 saturated heterocycles. The van der Waals surface area contributed by atoms with Gasteiger partial charge in [-0.05, 0) is 66.8 Å². The van der Waals surface area contributed by atoms with Gasteiger partial charge < -0.3 is 14.5 Å². The molecule has 0 spiro atoms. The quantitative estimate of drug-likeness (QED) is 0.447. The van der Waals surface area contributed by atoms with Crippen LogP contribution in [-0.2, 0) is 0 Å². The Hall–Kier alpha value is -3.49. The van der Waals surface area contributed by atoms with E-state index in [1.807, 2.05) is 18.2 Å². The Bertz CT molecular complexity index is 1210. The van der Waals surface area contributed by atoms with E-state index in [9.17, 15) is 4.79 Å². The first-order valence-corrected chi connectivity index (χ1v) is 9.60. The maximum Gasteiger partial charge on any atom is 0.257 e. The number of amides is 1. The predicted molar refractivity (Wildman–Crippen MR) is 119 cm³/mol. The fourth-order valence-electron chi connectivity index (χ4n) is 2.73. The molecule has 0 aliphatic carbocycles. The number of hydrogen-bond acceptors (Lipinski definition) is 6. The summed E-state index contributed by atoms with van der Waals surface area (Å²) in [5, 5.41) is 6.08. The Morgan fingerprint density at radius 1 is 1.17 bits per heavy atom. The Morgan fingerprint density at radius 2 is 1.97 bits per heavy atom. The molecule has 2 aromatic carbocycles. The number of ether oxygens (including phenoxy) is 1. The van der Waals surface area contributed by atoms with Crippen LogP contribution in [0.25, 0.3) is 22.7 Å². The number of hydrogen-bond donors (Lipinski definition) is 2. The number of fused-ring (bicyclic) bond motifs is 1.